The largest absolute Gasteiger partial charge is 0.503 e. The molecule has 1 aromatic carbocycles. The number of aliphatic hydroxyl groups excluding tert-OH is 1. The summed E-state index contributed by atoms with van der Waals surface area (Å²) in [5.74, 6) is -1.72. The molecule has 25 heavy (non-hydrogen) atoms. The molecule has 0 radical (unpaired) electrons. The molecule has 8 nitrogen and oxygen atoms in total. The summed E-state index contributed by atoms with van der Waals surface area (Å²) in [6.07, 6.45) is 1.47. The summed E-state index contributed by atoms with van der Waals surface area (Å²) in [5, 5.41) is 21.2. The van der Waals surface area contributed by atoms with Crippen molar-refractivity contribution < 1.29 is 19.6 Å². The maximum atomic E-state index is 12.5. The minimum atomic E-state index is -0.986. The number of nitro groups is 1. The fourth-order valence-electron chi connectivity index (χ4n) is 2.82. The Hall–Kier alpha value is -3.55. The van der Waals surface area contributed by atoms with Crippen molar-refractivity contribution in [3.05, 3.63) is 75.7 Å². The topological polar surface area (TPSA) is 114 Å². The number of hydrogen-bond donors (Lipinski definition) is 1. The van der Waals surface area contributed by atoms with Gasteiger partial charge in [0.05, 0.1) is 16.5 Å². The van der Waals surface area contributed by atoms with Gasteiger partial charge in [-0.15, -0.1) is 0 Å². The Morgan fingerprint density at radius 2 is 2.04 bits per heavy atom. The van der Waals surface area contributed by atoms with Crippen LogP contribution in [0.25, 0.3) is 0 Å². The zero-order chi connectivity index (χ0) is 18.1. The molecule has 1 aliphatic heterocycles. The van der Waals surface area contributed by atoms with Gasteiger partial charge in [-0.05, 0) is 24.6 Å². The van der Waals surface area contributed by atoms with Gasteiger partial charge in [0.25, 0.3) is 11.6 Å². The molecule has 8 heteroatoms. The minimum absolute atomic E-state index is 0.115. The Kier molecular flexibility index (Phi) is 4.02. The third-order valence-electron chi connectivity index (χ3n) is 3.88. The predicted octanol–water partition coefficient (Wildman–Crippen LogP) is 2.48. The van der Waals surface area contributed by atoms with Crippen LogP contribution in [-0.4, -0.2) is 26.7 Å². The number of ketones is 1. The summed E-state index contributed by atoms with van der Waals surface area (Å²) in [6, 6.07) is 9.48. The van der Waals surface area contributed by atoms with Gasteiger partial charge < -0.3 is 5.11 Å². The highest BCUT2D eigenvalue weighted by molar-refractivity contribution is 6.15. The Morgan fingerprint density at radius 1 is 1.28 bits per heavy atom. The second-order valence-electron chi connectivity index (χ2n) is 5.44. The van der Waals surface area contributed by atoms with Gasteiger partial charge in [-0.3, -0.25) is 24.6 Å². The number of rotatable bonds is 4. The highest BCUT2D eigenvalue weighted by Gasteiger charge is 2.44. The van der Waals surface area contributed by atoms with E-state index >= 15 is 0 Å². The van der Waals surface area contributed by atoms with Crippen molar-refractivity contribution >= 4 is 23.2 Å². The standard InChI is InChI=1S/C17H13N3O5/c1-10(21)14-15(11-5-4-6-12(9-11)20(24)25)19(17(23)16(14)22)13-7-2-3-8-18-13/h2-9,15,22H,1H3. The van der Waals surface area contributed by atoms with E-state index in [0.29, 0.717) is 5.56 Å². The van der Waals surface area contributed by atoms with Crippen molar-refractivity contribution in [2.45, 2.75) is 13.0 Å². The van der Waals surface area contributed by atoms with E-state index in [0.717, 1.165) is 4.90 Å². The summed E-state index contributed by atoms with van der Waals surface area (Å²) < 4.78 is 0. The van der Waals surface area contributed by atoms with E-state index in [-0.39, 0.29) is 17.1 Å². The number of pyridine rings is 1. The molecule has 2 aromatic rings. The molecular formula is C17H13N3O5. The number of benzene rings is 1. The average Bonchev–Trinajstić information content (AvgIpc) is 2.87. The molecule has 0 bridgehead atoms. The maximum Gasteiger partial charge on any atom is 0.295 e. The minimum Gasteiger partial charge on any atom is -0.503 e. The van der Waals surface area contributed by atoms with Crippen LogP contribution in [0.4, 0.5) is 11.5 Å². The Labute approximate surface area is 142 Å². The number of aromatic nitrogens is 1. The SMILES string of the molecule is CC(=O)C1=C(O)C(=O)N(c2ccccn2)C1c1cccc([N+](=O)[O-])c1. The summed E-state index contributed by atoms with van der Waals surface area (Å²) >= 11 is 0. The van der Waals surface area contributed by atoms with E-state index in [1.807, 2.05) is 0 Å². The van der Waals surface area contributed by atoms with Gasteiger partial charge in [0.1, 0.15) is 5.82 Å². The van der Waals surface area contributed by atoms with E-state index in [2.05, 4.69) is 4.98 Å². The average molecular weight is 339 g/mol. The number of hydrogen-bond acceptors (Lipinski definition) is 6. The number of nitro benzene ring substituents is 1. The number of amides is 1. The maximum absolute atomic E-state index is 12.5. The number of anilines is 1. The van der Waals surface area contributed by atoms with Crippen LogP contribution in [0.15, 0.2) is 60.0 Å². The molecule has 1 N–H and O–H groups in total. The van der Waals surface area contributed by atoms with Crippen LogP contribution in [0.5, 0.6) is 0 Å². The zero-order valence-electron chi connectivity index (χ0n) is 13.1. The number of nitrogens with zero attached hydrogens (tertiary/aromatic N) is 3. The number of carbonyl (C=O) groups is 2. The Morgan fingerprint density at radius 3 is 2.64 bits per heavy atom. The molecule has 2 heterocycles. The number of carbonyl (C=O) groups excluding carboxylic acids is 2. The molecule has 1 amide bonds. The van der Waals surface area contributed by atoms with E-state index in [1.54, 1.807) is 24.3 Å². The molecule has 3 rings (SSSR count). The van der Waals surface area contributed by atoms with Crippen molar-refractivity contribution in [2.24, 2.45) is 0 Å². The fourth-order valence-corrected chi connectivity index (χ4v) is 2.82. The molecule has 0 saturated heterocycles. The summed E-state index contributed by atoms with van der Waals surface area (Å²) in [5.41, 5.74) is 0.0406. The van der Waals surface area contributed by atoms with Crippen LogP contribution < -0.4 is 4.90 Å². The number of Topliss-reactive ketones (excluding diaryl/α,β-unsaturated/α-hetero) is 1. The number of aliphatic hydroxyl groups is 1. The van der Waals surface area contributed by atoms with Gasteiger partial charge in [0, 0.05) is 18.3 Å². The van der Waals surface area contributed by atoms with Crippen LogP contribution in [0.1, 0.15) is 18.5 Å². The lowest BCUT2D eigenvalue weighted by Crippen LogP contribution is -2.31. The van der Waals surface area contributed by atoms with Gasteiger partial charge in [0.2, 0.25) is 0 Å². The Balaban J connectivity index is 2.20. The van der Waals surface area contributed by atoms with Crippen molar-refractivity contribution in [2.75, 3.05) is 4.90 Å². The van der Waals surface area contributed by atoms with Gasteiger partial charge in [0.15, 0.2) is 11.5 Å². The van der Waals surface area contributed by atoms with Crippen LogP contribution in [-0.2, 0) is 9.59 Å². The molecule has 0 spiro atoms. The normalized spacial score (nSPS) is 17.1. The third-order valence-corrected chi connectivity index (χ3v) is 3.88. The number of non-ortho nitro benzene ring substituents is 1. The first-order chi connectivity index (χ1) is 11.9. The summed E-state index contributed by atoms with van der Waals surface area (Å²) in [4.78, 5) is 40.3. The molecule has 0 saturated carbocycles. The summed E-state index contributed by atoms with van der Waals surface area (Å²) in [7, 11) is 0. The second kappa shape index (κ2) is 6.16. The molecule has 0 aliphatic carbocycles. The van der Waals surface area contributed by atoms with Gasteiger partial charge in [-0.1, -0.05) is 18.2 Å². The molecule has 1 aromatic heterocycles. The van der Waals surface area contributed by atoms with Crippen LogP contribution in [0.3, 0.4) is 0 Å². The quantitative estimate of drug-likeness (QED) is 0.676. The van der Waals surface area contributed by atoms with E-state index in [4.69, 9.17) is 0 Å². The fraction of sp³-hybridized carbons (Fsp3) is 0.118. The molecule has 1 aliphatic rings. The first kappa shape index (κ1) is 16.3. The lowest BCUT2D eigenvalue weighted by atomic mass is 9.96. The molecular weight excluding hydrogens is 326 g/mol. The zero-order valence-corrected chi connectivity index (χ0v) is 13.1. The lowest BCUT2D eigenvalue weighted by Gasteiger charge is -2.25. The van der Waals surface area contributed by atoms with Gasteiger partial charge >= 0.3 is 0 Å². The van der Waals surface area contributed by atoms with E-state index < -0.39 is 28.4 Å². The smallest absolute Gasteiger partial charge is 0.295 e. The first-order valence-electron chi connectivity index (χ1n) is 7.35. The van der Waals surface area contributed by atoms with E-state index in [1.165, 1.54) is 31.3 Å². The third kappa shape index (κ3) is 2.74. The lowest BCUT2D eigenvalue weighted by molar-refractivity contribution is -0.384. The molecule has 0 fully saturated rings. The van der Waals surface area contributed by atoms with Crippen molar-refractivity contribution in [1.82, 2.24) is 4.98 Å². The predicted molar refractivity (Wildman–Crippen MR) is 87.9 cm³/mol. The van der Waals surface area contributed by atoms with E-state index in [9.17, 15) is 24.8 Å². The highest BCUT2D eigenvalue weighted by atomic mass is 16.6. The van der Waals surface area contributed by atoms with Gasteiger partial charge in [-0.25, -0.2) is 4.98 Å². The molecule has 1 unspecified atom stereocenters. The van der Waals surface area contributed by atoms with Crippen molar-refractivity contribution in [1.29, 1.82) is 0 Å². The van der Waals surface area contributed by atoms with Crippen molar-refractivity contribution in [3.63, 3.8) is 0 Å². The summed E-state index contributed by atoms with van der Waals surface area (Å²) in [6.45, 7) is 1.23. The molecule has 1 atom stereocenters. The Bertz CT molecular complexity index is 908. The monoisotopic (exact) mass is 339 g/mol. The van der Waals surface area contributed by atoms with Crippen molar-refractivity contribution in [3.8, 4) is 0 Å². The van der Waals surface area contributed by atoms with Crippen LogP contribution in [0.2, 0.25) is 0 Å². The second-order valence-corrected chi connectivity index (χ2v) is 5.44. The molecule has 126 valence electrons. The highest BCUT2D eigenvalue weighted by Crippen LogP contribution is 2.40. The van der Waals surface area contributed by atoms with Crippen LogP contribution in [0, 0.1) is 10.1 Å². The van der Waals surface area contributed by atoms with Gasteiger partial charge in [-0.2, -0.15) is 0 Å². The van der Waals surface area contributed by atoms with Crippen LogP contribution >= 0.6 is 0 Å². The first-order valence-corrected chi connectivity index (χ1v) is 7.35.